The summed E-state index contributed by atoms with van der Waals surface area (Å²) in [6.45, 7) is 4.64. The van der Waals surface area contributed by atoms with E-state index in [1.54, 1.807) is 0 Å². The molecule has 0 aromatic rings. The number of rotatable bonds is 1. The van der Waals surface area contributed by atoms with E-state index >= 15 is 0 Å². The second-order valence-corrected chi connectivity index (χ2v) is 2.50. The standard InChI is InChI=1S/C6H12N4/c1-4(2)9-5-3-8-6(7)10-5/h4H,3H2,1-2H3,(H3,7,8,9,10). The molecule has 0 fully saturated rings. The van der Waals surface area contributed by atoms with Crippen LogP contribution in [0.15, 0.2) is 9.98 Å². The molecule has 0 atom stereocenters. The zero-order valence-electron chi connectivity index (χ0n) is 6.26. The van der Waals surface area contributed by atoms with Gasteiger partial charge in [-0.05, 0) is 13.8 Å². The van der Waals surface area contributed by atoms with Crippen LogP contribution in [-0.2, 0) is 0 Å². The average Bonchev–Trinajstić information content (AvgIpc) is 2.13. The maximum absolute atomic E-state index is 5.36. The van der Waals surface area contributed by atoms with Gasteiger partial charge < -0.3 is 11.1 Å². The van der Waals surface area contributed by atoms with Gasteiger partial charge in [0.25, 0.3) is 0 Å². The van der Waals surface area contributed by atoms with E-state index in [-0.39, 0.29) is 0 Å². The predicted molar refractivity (Wildman–Crippen MR) is 42.2 cm³/mol. The van der Waals surface area contributed by atoms with Crippen LogP contribution >= 0.6 is 0 Å². The topological polar surface area (TPSA) is 62.8 Å². The van der Waals surface area contributed by atoms with E-state index in [4.69, 9.17) is 5.73 Å². The van der Waals surface area contributed by atoms with Crippen LogP contribution in [0.1, 0.15) is 13.8 Å². The quantitative estimate of drug-likeness (QED) is 0.525. The summed E-state index contributed by atoms with van der Waals surface area (Å²) in [4.78, 5) is 8.16. The molecule has 0 saturated heterocycles. The highest BCUT2D eigenvalue weighted by molar-refractivity contribution is 6.04. The van der Waals surface area contributed by atoms with Gasteiger partial charge in [0, 0.05) is 6.04 Å². The van der Waals surface area contributed by atoms with Gasteiger partial charge in [0.05, 0.1) is 0 Å². The van der Waals surface area contributed by atoms with Gasteiger partial charge in [0.15, 0.2) is 5.96 Å². The average molecular weight is 140 g/mol. The first kappa shape index (κ1) is 7.05. The molecule has 0 aliphatic carbocycles. The van der Waals surface area contributed by atoms with E-state index in [1.165, 1.54) is 0 Å². The molecule has 4 heteroatoms. The summed E-state index contributed by atoms with van der Waals surface area (Å²) in [7, 11) is 0. The van der Waals surface area contributed by atoms with E-state index in [9.17, 15) is 0 Å². The third-order valence-electron chi connectivity index (χ3n) is 1.09. The van der Waals surface area contributed by atoms with E-state index in [2.05, 4.69) is 15.3 Å². The number of hydrogen-bond acceptors (Lipinski definition) is 3. The van der Waals surface area contributed by atoms with Crippen LogP contribution in [0.25, 0.3) is 0 Å². The van der Waals surface area contributed by atoms with Gasteiger partial charge >= 0.3 is 0 Å². The highest BCUT2D eigenvalue weighted by Gasteiger charge is 2.07. The summed E-state index contributed by atoms with van der Waals surface area (Å²) in [6.07, 6.45) is 0. The highest BCUT2D eigenvalue weighted by Crippen LogP contribution is 1.91. The molecule has 1 aliphatic rings. The van der Waals surface area contributed by atoms with Crippen molar-refractivity contribution < 1.29 is 0 Å². The molecular weight excluding hydrogens is 128 g/mol. The molecular formula is C6H12N4. The van der Waals surface area contributed by atoms with Crippen molar-refractivity contribution in [3.63, 3.8) is 0 Å². The van der Waals surface area contributed by atoms with E-state index < -0.39 is 0 Å². The number of aliphatic imine (C=N–C) groups is 2. The minimum Gasteiger partial charge on any atom is -0.370 e. The molecule has 0 spiro atoms. The lowest BCUT2D eigenvalue weighted by molar-refractivity contribution is 0.829. The zero-order chi connectivity index (χ0) is 7.56. The van der Waals surface area contributed by atoms with Crippen LogP contribution in [0.2, 0.25) is 0 Å². The van der Waals surface area contributed by atoms with Crippen LogP contribution in [0.5, 0.6) is 0 Å². The molecule has 4 nitrogen and oxygen atoms in total. The van der Waals surface area contributed by atoms with Crippen molar-refractivity contribution in [3.05, 3.63) is 0 Å². The third kappa shape index (κ3) is 1.72. The Morgan fingerprint density at radius 2 is 2.40 bits per heavy atom. The fraction of sp³-hybridized carbons (Fsp3) is 0.667. The van der Waals surface area contributed by atoms with Gasteiger partial charge in [-0.1, -0.05) is 0 Å². The van der Waals surface area contributed by atoms with Gasteiger partial charge in [0.2, 0.25) is 0 Å². The Bertz CT molecular complexity index is 180. The number of nitrogens with zero attached hydrogens (tertiary/aromatic N) is 2. The number of hydrogen-bond donors (Lipinski definition) is 2. The Balaban J connectivity index is 2.49. The predicted octanol–water partition coefficient (Wildman–Crippen LogP) is -0.289. The van der Waals surface area contributed by atoms with Crippen molar-refractivity contribution >= 4 is 11.8 Å². The van der Waals surface area contributed by atoms with Gasteiger partial charge in [-0.25, -0.2) is 4.99 Å². The second-order valence-electron chi connectivity index (χ2n) is 2.50. The van der Waals surface area contributed by atoms with Crippen molar-refractivity contribution in [1.82, 2.24) is 5.32 Å². The lowest BCUT2D eigenvalue weighted by Gasteiger charge is -1.99. The third-order valence-corrected chi connectivity index (χ3v) is 1.09. The van der Waals surface area contributed by atoms with E-state index in [1.807, 2.05) is 13.8 Å². The highest BCUT2D eigenvalue weighted by atomic mass is 15.2. The minimum atomic E-state index is 0.309. The van der Waals surface area contributed by atoms with Crippen molar-refractivity contribution in [3.8, 4) is 0 Å². The summed E-state index contributed by atoms with van der Waals surface area (Å²) in [5, 5.41) is 2.86. The smallest absolute Gasteiger partial charge is 0.194 e. The first-order valence-corrected chi connectivity index (χ1v) is 3.32. The Hall–Kier alpha value is -1.06. The maximum Gasteiger partial charge on any atom is 0.194 e. The Morgan fingerprint density at radius 1 is 1.70 bits per heavy atom. The fourth-order valence-electron chi connectivity index (χ4n) is 0.772. The molecule has 1 rings (SSSR count). The van der Waals surface area contributed by atoms with Crippen molar-refractivity contribution in [2.45, 2.75) is 19.9 Å². The van der Waals surface area contributed by atoms with Crippen LogP contribution in [0, 0.1) is 0 Å². The van der Waals surface area contributed by atoms with Crippen molar-refractivity contribution in [2.75, 3.05) is 6.54 Å². The van der Waals surface area contributed by atoms with Gasteiger partial charge in [-0.3, -0.25) is 4.99 Å². The number of guanidine groups is 1. The molecule has 0 unspecified atom stereocenters. The normalized spacial score (nSPS) is 21.5. The largest absolute Gasteiger partial charge is 0.370 e. The molecule has 0 bridgehead atoms. The van der Waals surface area contributed by atoms with Crippen molar-refractivity contribution in [2.24, 2.45) is 15.7 Å². The first-order valence-electron chi connectivity index (χ1n) is 3.32. The van der Waals surface area contributed by atoms with Gasteiger partial charge in [-0.15, -0.1) is 0 Å². The molecule has 0 radical (unpaired) electrons. The summed E-state index contributed by atoms with van der Waals surface area (Å²) in [6, 6.07) is 0.309. The molecule has 0 aromatic carbocycles. The molecule has 1 heterocycles. The SMILES string of the molecule is CC(C)N=C1CN=C(N)N1. The lowest BCUT2D eigenvalue weighted by Crippen LogP contribution is -2.31. The maximum atomic E-state index is 5.36. The van der Waals surface area contributed by atoms with Crippen LogP contribution in [-0.4, -0.2) is 24.4 Å². The minimum absolute atomic E-state index is 0.309. The van der Waals surface area contributed by atoms with E-state index in [0.717, 1.165) is 5.84 Å². The summed E-state index contributed by atoms with van der Waals surface area (Å²) in [5.74, 6) is 1.34. The van der Waals surface area contributed by atoms with E-state index in [0.29, 0.717) is 18.5 Å². The molecule has 0 saturated carbocycles. The van der Waals surface area contributed by atoms with Crippen LogP contribution in [0.4, 0.5) is 0 Å². The molecule has 0 aromatic heterocycles. The molecule has 56 valence electrons. The summed E-state index contributed by atoms with van der Waals surface area (Å²) in [5.41, 5.74) is 5.36. The van der Waals surface area contributed by atoms with Gasteiger partial charge in [0.1, 0.15) is 12.4 Å². The molecule has 0 amide bonds. The Labute approximate surface area is 60.2 Å². The summed E-state index contributed by atoms with van der Waals surface area (Å²) < 4.78 is 0. The fourth-order valence-corrected chi connectivity index (χ4v) is 0.772. The Kier molecular flexibility index (Phi) is 1.89. The number of amidine groups is 1. The van der Waals surface area contributed by atoms with Crippen molar-refractivity contribution in [1.29, 1.82) is 0 Å². The van der Waals surface area contributed by atoms with Gasteiger partial charge in [-0.2, -0.15) is 0 Å². The number of nitrogens with one attached hydrogen (secondary N) is 1. The second kappa shape index (κ2) is 2.68. The Morgan fingerprint density at radius 3 is 2.80 bits per heavy atom. The molecule has 3 N–H and O–H groups in total. The molecule has 10 heavy (non-hydrogen) atoms. The zero-order valence-corrected chi connectivity index (χ0v) is 6.26. The summed E-state index contributed by atoms with van der Waals surface area (Å²) >= 11 is 0. The number of nitrogens with two attached hydrogens (primary N) is 1. The molecule has 1 aliphatic heterocycles. The van der Waals surface area contributed by atoms with Crippen LogP contribution < -0.4 is 11.1 Å². The monoisotopic (exact) mass is 140 g/mol. The van der Waals surface area contributed by atoms with Crippen LogP contribution in [0.3, 0.4) is 0 Å². The first-order chi connectivity index (χ1) is 4.68. The lowest BCUT2D eigenvalue weighted by atomic mass is 10.4.